The summed E-state index contributed by atoms with van der Waals surface area (Å²) in [5, 5.41) is 10.5. The summed E-state index contributed by atoms with van der Waals surface area (Å²) in [6, 6.07) is 11.6. The van der Waals surface area contributed by atoms with E-state index in [4.69, 9.17) is 23.2 Å². The zero-order chi connectivity index (χ0) is 17.6. The highest BCUT2D eigenvalue weighted by Crippen LogP contribution is 2.25. The van der Waals surface area contributed by atoms with Crippen molar-refractivity contribution in [3.8, 4) is 0 Å². The highest BCUT2D eigenvalue weighted by Gasteiger charge is 2.18. The molecule has 0 saturated carbocycles. The minimum absolute atomic E-state index is 0.00562. The van der Waals surface area contributed by atoms with Crippen LogP contribution in [0.4, 0.5) is 5.69 Å². The molecule has 7 nitrogen and oxygen atoms in total. The summed E-state index contributed by atoms with van der Waals surface area (Å²) in [6.45, 7) is 0. The van der Waals surface area contributed by atoms with E-state index in [1.165, 1.54) is 10.6 Å². The number of nitrogens with one attached hydrogen (secondary N) is 2. The smallest absolute Gasteiger partial charge is 0.281 e. The number of hydrogen-bond donors (Lipinski definition) is 2. The summed E-state index contributed by atoms with van der Waals surface area (Å²) >= 11 is 11.8. The van der Waals surface area contributed by atoms with E-state index >= 15 is 0 Å². The molecule has 9 heteroatoms. The average molecular weight is 374 g/mol. The third-order valence-corrected chi connectivity index (χ3v) is 4.40. The van der Waals surface area contributed by atoms with E-state index in [0.717, 1.165) is 0 Å². The maximum Gasteiger partial charge on any atom is 0.281 e. The van der Waals surface area contributed by atoms with E-state index in [-0.39, 0.29) is 11.3 Å². The summed E-state index contributed by atoms with van der Waals surface area (Å²) < 4.78 is 1.49. The number of rotatable bonds is 2. The molecule has 0 unspecified atom stereocenters. The molecule has 2 aromatic carbocycles. The van der Waals surface area contributed by atoms with Crippen LogP contribution in [-0.4, -0.2) is 25.7 Å². The molecule has 2 aromatic heterocycles. The van der Waals surface area contributed by atoms with E-state index in [1.54, 1.807) is 36.4 Å². The lowest BCUT2D eigenvalue weighted by Gasteiger charge is -2.04. The standard InChI is InChI=1S/C16H9Cl2N5O2/c17-10-6-5-8(7-11(10)18)19-16(25)13-14-20-15(24)9-3-1-2-4-12(9)23(14)22-21-13/h1-7,22H,(H,19,25). The molecule has 1 amide bonds. The topological polar surface area (TPSA) is 92.2 Å². The highest BCUT2D eigenvalue weighted by molar-refractivity contribution is 6.42. The summed E-state index contributed by atoms with van der Waals surface area (Å²) in [6.07, 6.45) is 0. The van der Waals surface area contributed by atoms with Gasteiger partial charge in [0.2, 0.25) is 0 Å². The third-order valence-electron chi connectivity index (χ3n) is 3.66. The molecule has 2 heterocycles. The number of benzene rings is 2. The largest absolute Gasteiger partial charge is 0.320 e. The lowest BCUT2D eigenvalue weighted by atomic mass is 10.2. The first-order valence-electron chi connectivity index (χ1n) is 7.17. The molecule has 0 radical (unpaired) electrons. The predicted molar refractivity (Wildman–Crippen MR) is 95.5 cm³/mol. The summed E-state index contributed by atoms with van der Waals surface area (Å²) in [7, 11) is 0. The Labute approximate surface area is 150 Å². The van der Waals surface area contributed by atoms with E-state index in [2.05, 4.69) is 20.6 Å². The second-order valence-electron chi connectivity index (χ2n) is 5.24. The molecule has 25 heavy (non-hydrogen) atoms. The number of aromatic nitrogens is 4. The van der Waals surface area contributed by atoms with Gasteiger partial charge in [0, 0.05) is 5.69 Å². The number of amides is 1. The van der Waals surface area contributed by atoms with Gasteiger partial charge in [-0.3, -0.25) is 9.59 Å². The average Bonchev–Trinajstić information content (AvgIpc) is 3.02. The van der Waals surface area contributed by atoms with Crippen molar-refractivity contribution in [2.24, 2.45) is 0 Å². The molecule has 0 atom stereocenters. The van der Waals surface area contributed by atoms with E-state index < -0.39 is 11.5 Å². The fourth-order valence-electron chi connectivity index (χ4n) is 2.50. The number of nitrogens with zero attached hydrogens (tertiary/aromatic N) is 3. The van der Waals surface area contributed by atoms with Crippen LogP contribution in [0.3, 0.4) is 0 Å². The van der Waals surface area contributed by atoms with Gasteiger partial charge >= 0.3 is 0 Å². The maximum absolute atomic E-state index is 12.5. The number of anilines is 1. The number of fused-ring (bicyclic) bond motifs is 3. The molecule has 0 bridgehead atoms. The predicted octanol–water partition coefficient (Wildman–Crippen LogP) is 3.13. The van der Waals surface area contributed by atoms with Gasteiger partial charge in [0.1, 0.15) is 0 Å². The number of carbonyl (C=O) groups excluding carboxylic acids is 1. The molecule has 124 valence electrons. The number of aromatic amines is 1. The van der Waals surface area contributed by atoms with Gasteiger partial charge in [0.15, 0.2) is 11.3 Å². The van der Waals surface area contributed by atoms with Crippen LogP contribution in [-0.2, 0) is 0 Å². The Bertz CT molecular complexity index is 1200. The number of halogens is 2. The van der Waals surface area contributed by atoms with Crippen LogP contribution in [0, 0.1) is 0 Å². The van der Waals surface area contributed by atoms with Gasteiger partial charge in [-0.05, 0) is 30.3 Å². The Hall–Kier alpha value is -2.90. The van der Waals surface area contributed by atoms with Gasteiger partial charge in [0.05, 0.1) is 20.9 Å². The second-order valence-corrected chi connectivity index (χ2v) is 6.05. The van der Waals surface area contributed by atoms with Gasteiger partial charge in [-0.2, -0.15) is 4.98 Å². The first kappa shape index (κ1) is 15.6. The van der Waals surface area contributed by atoms with Crippen molar-refractivity contribution in [2.75, 3.05) is 5.32 Å². The van der Waals surface area contributed by atoms with Crippen LogP contribution in [0.15, 0.2) is 47.3 Å². The molecule has 0 aliphatic carbocycles. The number of para-hydroxylation sites is 1. The van der Waals surface area contributed by atoms with Crippen molar-refractivity contribution in [3.05, 3.63) is 68.6 Å². The fraction of sp³-hybridized carbons (Fsp3) is 0. The molecule has 2 N–H and O–H groups in total. The van der Waals surface area contributed by atoms with E-state index in [0.29, 0.717) is 26.6 Å². The maximum atomic E-state index is 12.5. The zero-order valence-electron chi connectivity index (χ0n) is 12.5. The molecule has 0 aliphatic rings. The third kappa shape index (κ3) is 2.63. The van der Waals surface area contributed by atoms with Crippen LogP contribution in [0.2, 0.25) is 10.0 Å². The van der Waals surface area contributed by atoms with Gasteiger partial charge in [0.25, 0.3) is 11.5 Å². The van der Waals surface area contributed by atoms with Gasteiger partial charge in [-0.15, -0.1) is 5.10 Å². The molecular weight excluding hydrogens is 365 g/mol. The molecule has 0 aliphatic heterocycles. The quantitative estimate of drug-likeness (QED) is 0.564. The van der Waals surface area contributed by atoms with Crippen molar-refractivity contribution in [1.29, 1.82) is 0 Å². The Balaban J connectivity index is 1.80. The molecular formula is C16H9Cl2N5O2. The fourth-order valence-corrected chi connectivity index (χ4v) is 2.79. The molecule has 4 rings (SSSR count). The first-order chi connectivity index (χ1) is 12.0. The Morgan fingerprint density at radius 2 is 1.92 bits per heavy atom. The Morgan fingerprint density at radius 1 is 1.12 bits per heavy atom. The summed E-state index contributed by atoms with van der Waals surface area (Å²) in [5.41, 5.74) is 0.734. The van der Waals surface area contributed by atoms with Crippen LogP contribution in [0.5, 0.6) is 0 Å². The number of hydrogen-bond acceptors (Lipinski definition) is 4. The van der Waals surface area contributed by atoms with Crippen molar-refractivity contribution in [1.82, 2.24) is 19.8 Å². The lowest BCUT2D eigenvalue weighted by molar-refractivity contribution is 0.102. The van der Waals surface area contributed by atoms with Gasteiger partial charge < -0.3 is 5.32 Å². The van der Waals surface area contributed by atoms with Crippen molar-refractivity contribution in [2.45, 2.75) is 0 Å². The first-order valence-corrected chi connectivity index (χ1v) is 7.92. The van der Waals surface area contributed by atoms with Crippen LogP contribution in [0.25, 0.3) is 16.6 Å². The van der Waals surface area contributed by atoms with E-state index in [9.17, 15) is 9.59 Å². The molecule has 0 fully saturated rings. The van der Waals surface area contributed by atoms with Crippen LogP contribution in [0.1, 0.15) is 10.5 Å². The summed E-state index contributed by atoms with van der Waals surface area (Å²) in [4.78, 5) is 28.6. The number of carbonyl (C=O) groups is 1. The summed E-state index contributed by atoms with van der Waals surface area (Å²) in [5.74, 6) is -0.528. The lowest BCUT2D eigenvalue weighted by Crippen LogP contribution is -2.16. The Kier molecular flexibility index (Phi) is 3.67. The van der Waals surface area contributed by atoms with Crippen LogP contribution >= 0.6 is 23.2 Å². The SMILES string of the molecule is O=C(Nc1ccc(Cl)c(Cl)c1)c1n[nH]n2c1nc(=O)c1ccccc12. The Morgan fingerprint density at radius 3 is 2.72 bits per heavy atom. The molecule has 4 aromatic rings. The second kappa shape index (κ2) is 5.87. The highest BCUT2D eigenvalue weighted by atomic mass is 35.5. The zero-order valence-corrected chi connectivity index (χ0v) is 14.0. The van der Waals surface area contributed by atoms with Gasteiger partial charge in [-0.1, -0.05) is 35.3 Å². The number of H-pyrrole nitrogens is 1. The van der Waals surface area contributed by atoms with E-state index in [1.807, 2.05) is 0 Å². The van der Waals surface area contributed by atoms with Crippen LogP contribution < -0.4 is 10.9 Å². The molecule has 0 saturated heterocycles. The van der Waals surface area contributed by atoms with Gasteiger partial charge in [-0.25, -0.2) is 9.73 Å². The van der Waals surface area contributed by atoms with Crippen molar-refractivity contribution in [3.63, 3.8) is 0 Å². The van der Waals surface area contributed by atoms with Crippen molar-refractivity contribution >= 4 is 51.3 Å². The molecule has 0 spiro atoms. The normalized spacial score (nSPS) is 11.1. The minimum Gasteiger partial charge on any atom is -0.320 e. The minimum atomic E-state index is -0.528. The van der Waals surface area contributed by atoms with Crippen molar-refractivity contribution < 1.29 is 4.79 Å². The monoisotopic (exact) mass is 373 g/mol.